The zero-order chi connectivity index (χ0) is 15.1. The summed E-state index contributed by atoms with van der Waals surface area (Å²) < 4.78 is 5.41. The van der Waals surface area contributed by atoms with Crippen LogP contribution in [0.5, 0.6) is 0 Å². The highest BCUT2D eigenvalue weighted by Gasteiger charge is 2.17. The third-order valence-corrected chi connectivity index (χ3v) is 3.52. The maximum Gasteiger partial charge on any atom is 0.233 e. The Morgan fingerprint density at radius 3 is 2.62 bits per heavy atom. The van der Waals surface area contributed by atoms with Gasteiger partial charge in [-0.15, -0.1) is 0 Å². The Morgan fingerprint density at radius 1 is 1.24 bits per heavy atom. The summed E-state index contributed by atoms with van der Waals surface area (Å²) in [6, 6.07) is 7.63. The summed E-state index contributed by atoms with van der Waals surface area (Å²) in [6.45, 7) is 3.32. The van der Waals surface area contributed by atoms with Gasteiger partial charge < -0.3 is 15.4 Å². The highest BCUT2D eigenvalue weighted by Crippen LogP contribution is 2.11. The van der Waals surface area contributed by atoms with Gasteiger partial charge in [0.05, 0.1) is 6.10 Å². The largest absolute Gasteiger partial charge is 0.376 e. The van der Waals surface area contributed by atoms with Crippen molar-refractivity contribution in [2.45, 2.75) is 38.7 Å². The molecule has 0 aliphatic carbocycles. The number of carbonyl (C=O) groups is 2. The molecule has 0 radical (unpaired) electrons. The van der Waals surface area contributed by atoms with Crippen LogP contribution in [0.2, 0.25) is 0 Å². The first-order valence-electron chi connectivity index (χ1n) is 7.44. The Hall–Kier alpha value is -1.88. The average molecular weight is 290 g/mol. The van der Waals surface area contributed by atoms with E-state index in [-0.39, 0.29) is 24.3 Å². The van der Waals surface area contributed by atoms with Crippen molar-refractivity contribution in [1.82, 2.24) is 5.32 Å². The molecule has 1 aromatic carbocycles. The Balaban J connectivity index is 1.71. The van der Waals surface area contributed by atoms with Gasteiger partial charge >= 0.3 is 0 Å². The number of aryl methyl sites for hydroxylation is 1. The lowest BCUT2D eigenvalue weighted by molar-refractivity contribution is -0.127. The van der Waals surface area contributed by atoms with Gasteiger partial charge in [0.1, 0.15) is 6.42 Å². The van der Waals surface area contributed by atoms with E-state index in [2.05, 4.69) is 17.6 Å². The molecule has 0 aromatic heterocycles. The van der Waals surface area contributed by atoms with Crippen molar-refractivity contribution in [3.05, 3.63) is 29.8 Å². The molecule has 5 nitrogen and oxygen atoms in total. The lowest BCUT2D eigenvalue weighted by Crippen LogP contribution is -2.34. The summed E-state index contributed by atoms with van der Waals surface area (Å²) >= 11 is 0. The van der Waals surface area contributed by atoms with E-state index >= 15 is 0 Å². The van der Waals surface area contributed by atoms with Crippen molar-refractivity contribution in [3.63, 3.8) is 0 Å². The van der Waals surface area contributed by atoms with Gasteiger partial charge in [-0.25, -0.2) is 0 Å². The van der Waals surface area contributed by atoms with E-state index in [0.717, 1.165) is 25.9 Å². The molecule has 1 fully saturated rings. The number of benzene rings is 1. The summed E-state index contributed by atoms with van der Waals surface area (Å²) in [6.07, 6.45) is 2.89. The summed E-state index contributed by atoms with van der Waals surface area (Å²) in [5, 5.41) is 5.46. The minimum absolute atomic E-state index is 0.0959. The molecule has 5 heteroatoms. The zero-order valence-electron chi connectivity index (χ0n) is 12.4. The van der Waals surface area contributed by atoms with Crippen LogP contribution in [-0.2, 0) is 20.7 Å². The van der Waals surface area contributed by atoms with Gasteiger partial charge in [0, 0.05) is 18.8 Å². The van der Waals surface area contributed by atoms with E-state index in [1.165, 1.54) is 5.56 Å². The number of anilines is 1. The van der Waals surface area contributed by atoms with Crippen LogP contribution in [0.25, 0.3) is 0 Å². The quantitative estimate of drug-likeness (QED) is 0.786. The van der Waals surface area contributed by atoms with Gasteiger partial charge in [0.15, 0.2) is 0 Å². The Bertz CT molecular complexity index is 479. The van der Waals surface area contributed by atoms with Crippen LogP contribution in [0.4, 0.5) is 5.69 Å². The van der Waals surface area contributed by atoms with Gasteiger partial charge in [0.2, 0.25) is 11.8 Å². The average Bonchev–Trinajstić information content (AvgIpc) is 2.99. The van der Waals surface area contributed by atoms with Crippen molar-refractivity contribution < 1.29 is 14.3 Å². The predicted molar refractivity (Wildman–Crippen MR) is 81.1 cm³/mol. The second-order valence-corrected chi connectivity index (χ2v) is 5.21. The molecule has 0 bridgehead atoms. The van der Waals surface area contributed by atoms with Crippen molar-refractivity contribution in [3.8, 4) is 0 Å². The molecule has 1 heterocycles. The monoisotopic (exact) mass is 290 g/mol. The van der Waals surface area contributed by atoms with E-state index in [4.69, 9.17) is 4.74 Å². The van der Waals surface area contributed by atoms with Crippen LogP contribution in [0.3, 0.4) is 0 Å². The van der Waals surface area contributed by atoms with Gasteiger partial charge in [-0.2, -0.15) is 0 Å². The number of nitrogens with one attached hydrogen (secondary N) is 2. The highest BCUT2D eigenvalue weighted by molar-refractivity contribution is 6.03. The Labute approximate surface area is 125 Å². The fraction of sp³-hybridized carbons (Fsp3) is 0.500. The number of amides is 2. The van der Waals surface area contributed by atoms with Crippen LogP contribution in [0, 0.1) is 0 Å². The topological polar surface area (TPSA) is 67.4 Å². The summed E-state index contributed by atoms with van der Waals surface area (Å²) in [5.41, 5.74) is 1.92. The molecule has 2 rings (SSSR count). The summed E-state index contributed by atoms with van der Waals surface area (Å²) in [5.74, 6) is -0.572. The molecule has 21 heavy (non-hydrogen) atoms. The first-order valence-corrected chi connectivity index (χ1v) is 7.44. The van der Waals surface area contributed by atoms with Gasteiger partial charge in [-0.1, -0.05) is 19.1 Å². The second kappa shape index (κ2) is 7.78. The molecule has 2 N–H and O–H groups in total. The molecular weight excluding hydrogens is 268 g/mol. The maximum atomic E-state index is 11.8. The first kappa shape index (κ1) is 15.5. The van der Waals surface area contributed by atoms with Crippen LogP contribution in [0.15, 0.2) is 24.3 Å². The molecule has 1 aliphatic heterocycles. The van der Waals surface area contributed by atoms with Gasteiger partial charge in [-0.3, -0.25) is 9.59 Å². The minimum atomic E-state index is -0.302. The molecule has 2 amide bonds. The molecule has 114 valence electrons. The third kappa shape index (κ3) is 5.19. The van der Waals surface area contributed by atoms with Gasteiger partial charge in [0.25, 0.3) is 0 Å². The van der Waals surface area contributed by atoms with Crippen LogP contribution >= 0.6 is 0 Å². The van der Waals surface area contributed by atoms with Crippen LogP contribution in [0.1, 0.15) is 31.7 Å². The predicted octanol–water partition coefficient (Wildman–Crippen LogP) is 1.87. The maximum absolute atomic E-state index is 11.8. The SMILES string of the molecule is CCc1ccc(NC(=O)CC(=O)NCC2CCCO2)cc1. The summed E-state index contributed by atoms with van der Waals surface area (Å²) in [7, 11) is 0. The number of rotatable bonds is 6. The first-order chi connectivity index (χ1) is 10.2. The van der Waals surface area contributed by atoms with Crippen LogP contribution in [-0.4, -0.2) is 31.1 Å². The number of carbonyl (C=O) groups excluding carboxylic acids is 2. The standard InChI is InChI=1S/C16H22N2O3/c1-2-12-5-7-13(8-6-12)18-16(20)10-15(19)17-11-14-4-3-9-21-14/h5-8,14H,2-4,9-11H2,1H3,(H,17,19)(H,18,20). The number of hydrogen-bond acceptors (Lipinski definition) is 3. The van der Waals surface area contributed by atoms with Gasteiger partial charge in [-0.05, 0) is 37.0 Å². The molecule has 0 saturated carbocycles. The molecule has 1 saturated heterocycles. The summed E-state index contributed by atoms with van der Waals surface area (Å²) in [4.78, 5) is 23.4. The smallest absolute Gasteiger partial charge is 0.233 e. The lowest BCUT2D eigenvalue weighted by atomic mass is 10.1. The lowest BCUT2D eigenvalue weighted by Gasteiger charge is -2.11. The fourth-order valence-electron chi connectivity index (χ4n) is 2.27. The van der Waals surface area contributed by atoms with E-state index in [0.29, 0.717) is 12.2 Å². The molecule has 0 spiro atoms. The molecule has 1 aliphatic rings. The Kier molecular flexibility index (Phi) is 5.75. The molecule has 1 atom stereocenters. The zero-order valence-corrected chi connectivity index (χ0v) is 12.4. The minimum Gasteiger partial charge on any atom is -0.376 e. The van der Waals surface area contributed by atoms with Crippen molar-refractivity contribution in [1.29, 1.82) is 0 Å². The van der Waals surface area contributed by atoms with Crippen LogP contribution < -0.4 is 10.6 Å². The third-order valence-electron chi connectivity index (χ3n) is 3.52. The Morgan fingerprint density at radius 2 is 2.00 bits per heavy atom. The molecular formula is C16H22N2O3. The fourth-order valence-corrected chi connectivity index (χ4v) is 2.27. The second-order valence-electron chi connectivity index (χ2n) is 5.21. The van der Waals surface area contributed by atoms with Crippen molar-refractivity contribution in [2.24, 2.45) is 0 Å². The normalized spacial score (nSPS) is 17.5. The highest BCUT2D eigenvalue weighted by atomic mass is 16.5. The van der Waals surface area contributed by atoms with E-state index in [9.17, 15) is 9.59 Å². The molecule has 1 aromatic rings. The molecule has 1 unspecified atom stereocenters. The number of ether oxygens (including phenoxy) is 1. The van der Waals surface area contributed by atoms with Crippen molar-refractivity contribution in [2.75, 3.05) is 18.5 Å². The van der Waals surface area contributed by atoms with E-state index < -0.39 is 0 Å². The van der Waals surface area contributed by atoms with E-state index in [1.54, 1.807) is 0 Å². The van der Waals surface area contributed by atoms with Crippen molar-refractivity contribution >= 4 is 17.5 Å². The number of hydrogen-bond donors (Lipinski definition) is 2. The van der Waals surface area contributed by atoms with E-state index in [1.807, 2.05) is 24.3 Å².